The minimum Gasteiger partial charge on any atom is -0.508 e. The standard InChI is InChI=1S/C56H71N11O11S2/c1-30(2)47-56(77)65-46(55(76)67-48(49(59)70)31(3)78-32(4)68)29-80-79-28-45(64-50(71)40(58)24-34-16-19-35-11-5-6-12-36(35)23-34)54(75)62-43(25-33-17-20-38(69)21-18-33)52(73)63-44(26-37-27-60-41-14-8-7-13-39(37)41)53(74)61-42(51(72)66-47)15-9-10-22-57/h5-8,11-14,16-21,23,27,30-31,40,42-48,60,69H,9-10,15,22,24-26,28-29,57-58H2,1-4H3,(H2,59,70)(H,61,74)(H,62,75)(H,63,73)(H,64,71)(H,65,77)(H,66,72)(H,67,76)/t31-,40-,42+,43+,44?,45?,46?,47?,48+/m1/s1. The van der Waals surface area contributed by atoms with Crippen molar-refractivity contribution in [2.45, 2.75) is 121 Å². The molecule has 1 saturated heterocycles. The number of aromatic amines is 1. The number of unbranched alkanes of at least 4 members (excludes halogenated alkanes) is 1. The summed E-state index contributed by atoms with van der Waals surface area (Å²) in [5.74, 6) is -8.58. The number of para-hydroxylation sites is 1. The van der Waals surface area contributed by atoms with Gasteiger partial charge >= 0.3 is 5.97 Å². The van der Waals surface area contributed by atoms with Gasteiger partial charge in [-0.25, -0.2) is 0 Å². The second kappa shape index (κ2) is 29.5. The minimum atomic E-state index is -1.55. The number of benzene rings is 4. The summed E-state index contributed by atoms with van der Waals surface area (Å²) in [4.78, 5) is 129. The number of aromatic hydroxyl groups is 1. The summed E-state index contributed by atoms with van der Waals surface area (Å²) in [5, 5.41) is 31.9. The molecule has 0 radical (unpaired) electrons. The number of primary amides is 1. The topological polar surface area (TPSA) is 361 Å². The molecule has 0 spiro atoms. The van der Waals surface area contributed by atoms with Crippen molar-refractivity contribution in [2.24, 2.45) is 23.1 Å². The maximum atomic E-state index is 14.9. The van der Waals surface area contributed by atoms with E-state index >= 15 is 0 Å². The Bertz CT molecular complexity index is 3010. The highest BCUT2D eigenvalue weighted by Gasteiger charge is 2.37. The summed E-state index contributed by atoms with van der Waals surface area (Å²) < 4.78 is 5.16. The van der Waals surface area contributed by atoms with Gasteiger partial charge in [0.2, 0.25) is 47.3 Å². The number of aromatic nitrogens is 1. The quantitative estimate of drug-likeness (QED) is 0.0335. The third-order valence-electron chi connectivity index (χ3n) is 13.4. The van der Waals surface area contributed by atoms with Crippen LogP contribution in [0.2, 0.25) is 0 Å². The summed E-state index contributed by atoms with van der Waals surface area (Å²) in [6.45, 7) is 6.03. The maximum absolute atomic E-state index is 14.9. The lowest BCUT2D eigenvalue weighted by molar-refractivity contribution is -0.149. The van der Waals surface area contributed by atoms with Gasteiger partial charge in [0.1, 0.15) is 54.1 Å². The van der Waals surface area contributed by atoms with Crippen molar-refractivity contribution in [3.63, 3.8) is 0 Å². The number of hydrogen-bond acceptors (Lipinski definition) is 15. The van der Waals surface area contributed by atoms with Crippen molar-refractivity contribution in [3.05, 3.63) is 114 Å². The molecule has 6 rings (SSSR count). The number of H-pyrrole nitrogens is 1. The molecule has 1 aliphatic rings. The number of hydrogen-bond donors (Lipinski definition) is 12. The van der Waals surface area contributed by atoms with Crippen LogP contribution >= 0.6 is 21.6 Å². The van der Waals surface area contributed by atoms with Gasteiger partial charge in [-0.05, 0) is 90.7 Å². The van der Waals surface area contributed by atoms with Gasteiger partial charge < -0.3 is 69.2 Å². The Kier molecular flexibility index (Phi) is 22.7. The van der Waals surface area contributed by atoms with Crippen LogP contribution in [0, 0.1) is 5.92 Å². The van der Waals surface area contributed by atoms with Crippen LogP contribution < -0.4 is 54.4 Å². The second-order valence-corrected chi connectivity index (χ2v) is 22.6. The lowest BCUT2D eigenvalue weighted by Gasteiger charge is -2.30. The summed E-state index contributed by atoms with van der Waals surface area (Å²) in [6, 6.07) is 15.6. The van der Waals surface area contributed by atoms with Gasteiger partial charge in [-0.1, -0.05) is 108 Å². The first-order valence-corrected chi connectivity index (χ1v) is 28.8. The minimum absolute atomic E-state index is 0.0560. The van der Waals surface area contributed by atoms with Gasteiger partial charge in [-0.2, -0.15) is 0 Å². The monoisotopic (exact) mass is 1140 g/mol. The number of phenolic OH excluding ortho intramolecular Hbond substituents is 1. The molecule has 1 aromatic heterocycles. The molecule has 24 heteroatoms. The highest BCUT2D eigenvalue weighted by Crippen LogP contribution is 2.25. The molecule has 8 amide bonds. The van der Waals surface area contributed by atoms with E-state index in [0.717, 1.165) is 55.8 Å². The van der Waals surface area contributed by atoms with E-state index in [1.165, 1.54) is 19.1 Å². The van der Waals surface area contributed by atoms with Crippen molar-refractivity contribution >= 4 is 96.5 Å². The van der Waals surface area contributed by atoms with Crippen molar-refractivity contribution < 1.29 is 53.0 Å². The summed E-state index contributed by atoms with van der Waals surface area (Å²) in [6.07, 6.45) is 1.18. The SMILES string of the molecule is CC(=O)O[C@H](C)[C@H](NC(=O)C1CSSCC(NC(=O)[C@H](N)Cc2ccc3ccccc3c2)C(=O)N[C@@H](Cc2ccc(O)cc2)C(=O)NC(Cc2c[nH]c3ccccc23)C(=O)N[C@@H](CCCCN)C(=O)NC(C(C)C)C(=O)N1)C(N)=O. The highest BCUT2D eigenvalue weighted by molar-refractivity contribution is 8.76. The van der Waals surface area contributed by atoms with Crippen LogP contribution in [0.4, 0.5) is 0 Å². The zero-order valence-electron chi connectivity index (χ0n) is 45.0. The predicted molar refractivity (Wildman–Crippen MR) is 306 cm³/mol. The summed E-state index contributed by atoms with van der Waals surface area (Å²) >= 11 is 0. The molecular formula is C56H71N11O11S2. The Morgan fingerprint density at radius 2 is 1.35 bits per heavy atom. The number of fused-ring (bicyclic) bond motifs is 2. The Morgan fingerprint density at radius 1 is 0.725 bits per heavy atom. The molecule has 5 aromatic rings. The van der Waals surface area contributed by atoms with E-state index in [2.05, 4.69) is 42.2 Å². The Labute approximate surface area is 471 Å². The van der Waals surface area contributed by atoms with Crippen molar-refractivity contribution in [1.29, 1.82) is 0 Å². The summed E-state index contributed by atoms with van der Waals surface area (Å²) in [5.41, 5.74) is 20.7. The Balaban J connectivity index is 1.40. The van der Waals surface area contributed by atoms with E-state index in [1.807, 2.05) is 66.7 Å². The normalized spacial score (nSPS) is 21.2. The van der Waals surface area contributed by atoms with Crippen LogP contribution in [0.1, 0.15) is 63.6 Å². The lowest BCUT2D eigenvalue weighted by atomic mass is 10.00. The van der Waals surface area contributed by atoms with Crippen LogP contribution in [0.15, 0.2) is 97.2 Å². The number of carbonyl (C=O) groups is 9. The molecular weight excluding hydrogens is 1070 g/mol. The van der Waals surface area contributed by atoms with Crippen LogP contribution in [0.25, 0.3) is 21.7 Å². The number of phenols is 1. The number of nitrogens with two attached hydrogens (primary N) is 3. The molecule has 4 unspecified atom stereocenters. The zero-order valence-corrected chi connectivity index (χ0v) is 46.6. The molecule has 428 valence electrons. The predicted octanol–water partition coefficient (Wildman–Crippen LogP) is 1.39. The number of nitrogens with one attached hydrogen (secondary N) is 8. The van der Waals surface area contributed by atoms with E-state index in [4.69, 9.17) is 21.9 Å². The van der Waals surface area contributed by atoms with E-state index < -0.39 is 114 Å². The molecule has 1 aliphatic heterocycles. The molecule has 15 N–H and O–H groups in total. The molecule has 4 aromatic carbocycles. The van der Waals surface area contributed by atoms with Crippen LogP contribution in [-0.4, -0.2) is 136 Å². The fraction of sp³-hybridized carbons (Fsp3) is 0.411. The van der Waals surface area contributed by atoms with Gasteiger partial charge in [-0.3, -0.25) is 43.2 Å². The second-order valence-electron chi connectivity index (χ2n) is 20.0. The first-order valence-electron chi connectivity index (χ1n) is 26.3. The highest BCUT2D eigenvalue weighted by atomic mass is 33.1. The van der Waals surface area contributed by atoms with Gasteiger partial charge in [0.25, 0.3) is 0 Å². The van der Waals surface area contributed by atoms with Crippen LogP contribution in [0.5, 0.6) is 5.75 Å². The average Bonchev–Trinajstić information content (AvgIpc) is 3.84. The molecule has 0 bridgehead atoms. The van der Waals surface area contributed by atoms with Crippen LogP contribution in [0.3, 0.4) is 0 Å². The number of rotatable bonds is 18. The van der Waals surface area contributed by atoms with Gasteiger partial charge in [0, 0.05) is 48.4 Å². The van der Waals surface area contributed by atoms with Crippen molar-refractivity contribution in [2.75, 3.05) is 18.1 Å². The molecule has 0 saturated carbocycles. The number of carbonyl (C=O) groups excluding carboxylic acids is 9. The lowest BCUT2D eigenvalue weighted by Crippen LogP contribution is -2.62. The fourth-order valence-electron chi connectivity index (χ4n) is 9.03. The maximum Gasteiger partial charge on any atom is 0.302 e. The number of esters is 1. The first-order chi connectivity index (χ1) is 38.2. The largest absolute Gasteiger partial charge is 0.508 e. The molecule has 1 fully saturated rings. The number of ether oxygens (including phenoxy) is 1. The fourth-order valence-corrected chi connectivity index (χ4v) is 11.4. The van der Waals surface area contributed by atoms with Crippen molar-refractivity contribution in [3.8, 4) is 5.75 Å². The molecule has 22 nitrogen and oxygen atoms in total. The van der Waals surface area contributed by atoms with E-state index in [0.29, 0.717) is 24.0 Å². The molecule has 9 atom stereocenters. The van der Waals surface area contributed by atoms with E-state index in [-0.39, 0.29) is 49.5 Å². The average molecular weight is 1140 g/mol. The van der Waals surface area contributed by atoms with Crippen LogP contribution in [-0.2, 0) is 67.2 Å². The number of amides is 8. The molecule has 80 heavy (non-hydrogen) atoms. The Morgan fingerprint density at radius 3 is 2.04 bits per heavy atom. The zero-order chi connectivity index (χ0) is 58.0. The smallest absolute Gasteiger partial charge is 0.302 e. The Hall–Kier alpha value is -7.67. The van der Waals surface area contributed by atoms with Gasteiger partial charge in [0.15, 0.2) is 0 Å². The van der Waals surface area contributed by atoms with Gasteiger partial charge in [-0.15, -0.1) is 0 Å². The van der Waals surface area contributed by atoms with Crippen molar-refractivity contribution in [1.82, 2.24) is 42.2 Å². The molecule has 2 heterocycles. The van der Waals surface area contributed by atoms with E-state index in [1.54, 1.807) is 32.2 Å². The first kappa shape index (κ1) is 61.5. The summed E-state index contributed by atoms with van der Waals surface area (Å²) in [7, 11) is 2.01. The third-order valence-corrected chi connectivity index (χ3v) is 15.8. The van der Waals surface area contributed by atoms with Gasteiger partial charge in [0.05, 0.1) is 6.04 Å². The van der Waals surface area contributed by atoms with E-state index in [9.17, 15) is 48.3 Å². The molecule has 0 aliphatic carbocycles. The third kappa shape index (κ3) is 17.7.